The number of hydrogen-bond donors (Lipinski definition) is 0. The van der Waals surface area contributed by atoms with Crippen molar-refractivity contribution in [1.82, 2.24) is 0 Å². The maximum absolute atomic E-state index is 11.1. The van der Waals surface area contributed by atoms with Gasteiger partial charge in [-0.25, -0.2) is 0 Å². The highest BCUT2D eigenvalue weighted by Gasteiger charge is 2.13. The van der Waals surface area contributed by atoms with E-state index in [1.165, 1.54) is 0 Å². The number of carbonyl (C=O) groups is 1. The van der Waals surface area contributed by atoms with Crippen LogP contribution >= 0.6 is 0 Å². The summed E-state index contributed by atoms with van der Waals surface area (Å²) in [6.45, 7) is 13.1. The third kappa shape index (κ3) is 4.89. The molecule has 0 unspecified atom stereocenters. The average Bonchev–Trinajstić information content (AvgIpc) is 1.83. The summed E-state index contributed by atoms with van der Waals surface area (Å²) in [4.78, 5) is 11.1. The standard InChI is InChI=1S/C11H18O/c1-8(2)6-11(10(5)12)7-9(3)4/h11H,1,3,6-7H2,2,4-5H3. The zero-order chi connectivity index (χ0) is 9.72. The Kier molecular flexibility index (Phi) is 4.57. The molecule has 0 aromatic carbocycles. The Labute approximate surface area is 75.2 Å². The Morgan fingerprint density at radius 2 is 1.42 bits per heavy atom. The molecule has 0 heterocycles. The van der Waals surface area contributed by atoms with Gasteiger partial charge >= 0.3 is 0 Å². The minimum atomic E-state index is 0.0972. The van der Waals surface area contributed by atoms with Gasteiger partial charge in [0.2, 0.25) is 0 Å². The quantitative estimate of drug-likeness (QED) is 0.573. The molecule has 0 fully saturated rings. The second-order valence-electron chi connectivity index (χ2n) is 3.63. The maximum atomic E-state index is 11.1. The largest absolute Gasteiger partial charge is 0.300 e. The van der Waals surface area contributed by atoms with E-state index in [0.29, 0.717) is 0 Å². The lowest BCUT2D eigenvalue weighted by Gasteiger charge is -2.12. The van der Waals surface area contributed by atoms with Crippen LogP contribution in [0.2, 0.25) is 0 Å². The smallest absolute Gasteiger partial charge is 0.133 e. The Balaban J connectivity index is 4.14. The van der Waals surface area contributed by atoms with Crippen molar-refractivity contribution in [1.29, 1.82) is 0 Å². The summed E-state index contributed by atoms with van der Waals surface area (Å²) in [5.74, 6) is 0.334. The van der Waals surface area contributed by atoms with Crippen LogP contribution in [-0.4, -0.2) is 5.78 Å². The molecule has 1 nitrogen and oxygen atoms in total. The van der Waals surface area contributed by atoms with Crippen molar-refractivity contribution in [3.05, 3.63) is 24.3 Å². The van der Waals surface area contributed by atoms with Gasteiger partial charge in [0.15, 0.2) is 0 Å². The minimum absolute atomic E-state index is 0.0972. The minimum Gasteiger partial charge on any atom is -0.300 e. The summed E-state index contributed by atoms with van der Waals surface area (Å²) < 4.78 is 0. The van der Waals surface area contributed by atoms with Crippen molar-refractivity contribution < 1.29 is 4.79 Å². The molecular weight excluding hydrogens is 148 g/mol. The first-order valence-electron chi connectivity index (χ1n) is 4.22. The highest BCUT2D eigenvalue weighted by atomic mass is 16.1. The van der Waals surface area contributed by atoms with Crippen LogP contribution in [0.25, 0.3) is 0 Å². The van der Waals surface area contributed by atoms with E-state index in [9.17, 15) is 4.79 Å². The molecule has 0 bridgehead atoms. The fourth-order valence-electron chi connectivity index (χ4n) is 1.20. The average molecular weight is 166 g/mol. The summed E-state index contributed by atoms with van der Waals surface area (Å²) in [6, 6.07) is 0. The molecule has 0 N–H and O–H groups in total. The van der Waals surface area contributed by atoms with Crippen molar-refractivity contribution in [2.24, 2.45) is 5.92 Å². The monoisotopic (exact) mass is 166 g/mol. The van der Waals surface area contributed by atoms with Gasteiger partial charge in [0.1, 0.15) is 5.78 Å². The zero-order valence-corrected chi connectivity index (χ0v) is 8.31. The van der Waals surface area contributed by atoms with Crippen molar-refractivity contribution in [2.45, 2.75) is 33.6 Å². The van der Waals surface area contributed by atoms with Crippen molar-refractivity contribution >= 4 is 5.78 Å². The lowest BCUT2D eigenvalue weighted by molar-refractivity contribution is -0.120. The van der Waals surface area contributed by atoms with E-state index in [1.807, 2.05) is 13.8 Å². The third-order valence-electron chi connectivity index (χ3n) is 1.76. The number of hydrogen-bond acceptors (Lipinski definition) is 1. The highest BCUT2D eigenvalue weighted by molar-refractivity contribution is 5.78. The van der Waals surface area contributed by atoms with Gasteiger partial charge in [0.05, 0.1) is 0 Å². The number of carbonyl (C=O) groups excluding carboxylic acids is 1. The first-order chi connectivity index (χ1) is 5.43. The van der Waals surface area contributed by atoms with Crippen molar-refractivity contribution in [3.8, 4) is 0 Å². The molecule has 0 rings (SSSR count). The number of rotatable bonds is 5. The van der Waals surface area contributed by atoms with Crippen LogP contribution in [0.4, 0.5) is 0 Å². The first kappa shape index (κ1) is 11.2. The zero-order valence-electron chi connectivity index (χ0n) is 8.31. The summed E-state index contributed by atoms with van der Waals surface area (Å²) in [5.41, 5.74) is 2.13. The summed E-state index contributed by atoms with van der Waals surface area (Å²) >= 11 is 0. The highest BCUT2D eigenvalue weighted by Crippen LogP contribution is 2.18. The number of Topliss-reactive ketones (excluding diaryl/α,β-unsaturated/α-hetero) is 1. The molecule has 0 atom stereocenters. The van der Waals surface area contributed by atoms with Crippen molar-refractivity contribution in [2.75, 3.05) is 0 Å². The van der Waals surface area contributed by atoms with Crippen LogP contribution < -0.4 is 0 Å². The Hall–Kier alpha value is -0.850. The fourth-order valence-corrected chi connectivity index (χ4v) is 1.20. The van der Waals surface area contributed by atoms with Gasteiger partial charge < -0.3 is 0 Å². The van der Waals surface area contributed by atoms with Gasteiger partial charge in [-0.1, -0.05) is 11.1 Å². The summed E-state index contributed by atoms with van der Waals surface area (Å²) in [7, 11) is 0. The van der Waals surface area contributed by atoms with Gasteiger partial charge in [-0.2, -0.15) is 0 Å². The SMILES string of the molecule is C=C(C)CC(CC(=C)C)C(C)=O. The second kappa shape index (κ2) is 4.91. The lowest BCUT2D eigenvalue weighted by Crippen LogP contribution is -2.11. The number of allylic oxidation sites excluding steroid dienone is 2. The van der Waals surface area contributed by atoms with Gasteiger partial charge in [0, 0.05) is 5.92 Å². The predicted octanol–water partition coefficient (Wildman–Crippen LogP) is 3.12. The Morgan fingerprint density at radius 3 is 1.58 bits per heavy atom. The van der Waals surface area contributed by atoms with E-state index in [2.05, 4.69) is 13.2 Å². The molecule has 0 aromatic rings. The van der Waals surface area contributed by atoms with Gasteiger partial charge in [0.25, 0.3) is 0 Å². The van der Waals surface area contributed by atoms with Crippen LogP contribution in [0.15, 0.2) is 24.3 Å². The molecule has 0 spiro atoms. The van der Waals surface area contributed by atoms with E-state index < -0.39 is 0 Å². The molecule has 0 aliphatic heterocycles. The molecule has 68 valence electrons. The van der Waals surface area contributed by atoms with Crippen LogP contribution in [-0.2, 0) is 4.79 Å². The summed E-state index contributed by atoms with van der Waals surface area (Å²) in [5, 5.41) is 0. The maximum Gasteiger partial charge on any atom is 0.133 e. The lowest BCUT2D eigenvalue weighted by atomic mass is 9.91. The molecule has 0 radical (unpaired) electrons. The molecule has 0 aliphatic carbocycles. The topological polar surface area (TPSA) is 17.1 Å². The van der Waals surface area contributed by atoms with E-state index >= 15 is 0 Å². The van der Waals surface area contributed by atoms with Gasteiger partial charge in [-0.05, 0) is 33.6 Å². The second-order valence-corrected chi connectivity index (χ2v) is 3.63. The van der Waals surface area contributed by atoms with Gasteiger partial charge in [-0.15, -0.1) is 13.2 Å². The predicted molar refractivity (Wildman–Crippen MR) is 53.0 cm³/mol. The molecule has 0 aliphatic rings. The molecular formula is C11H18O. The van der Waals surface area contributed by atoms with Crippen molar-refractivity contribution in [3.63, 3.8) is 0 Å². The van der Waals surface area contributed by atoms with E-state index in [-0.39, 0.29) is 11.7 Å². The molecule has 1 heteroatoms. The van der Waals surface area contributed by atoms with Crippen LogP contribution in [0.1, 0.15) is 33.6 Å². The molecule has 0 saturated carbocycles. The fraction of sp³-hybridized carbons (Fsp3) is 0.545. The van der Waals surface area contributed by atoms with Crippen LogP contribution in [0.3, 0.4) is 0 Å². The summed E-state index contributed by atoms with van der Waals surface area (Å²) in [6.07, 6.45) is 1.59. The first-order valence-corrected chi connectivity index (χ1v) is 4.22. The Bertz CT molecular complexity index is 185. The third-order valence-corrected chi connectivity index (χ3v) is 1.76. The molecule has 0 saturated heterocycles. The van der Waals surface area contributed by atoms with Crippen LogP contribution in [0, 0.1) is 5.92 Å². The van der Waals surface area contributed by atoms with Gasteiger partial charge in [-0.3, -0.25) is 4.79 Å². The van der Waals surface area contributed by atoms with E-state index in [1.54, 1.807) is 6.92 Å². The Morgan fingerprint density at radius 1 is 1.08 bits per heavy atom. The van der Waals surface area contributed by atoms with E-state index in [0.717, 1.165) is 24.0 Å². The molecule has 0 aromatic heterocycles. The van der Waals surface area contributed by atoms with E-state index in [4.69, 9.17) is 0 Å². The number of ketones is 1. The molecule has 0 amide bonds. The molecule has 12 heavy (non-hydrogen) atoms. The normalized spacial score (nSPS) is 10.0. The van der Waals surface area contributed by atoms with Crippen LogP contribution in [0.5, 0.6) is 0 Å².